The van der Waals surface area contributed by atoms with Crippen molar-refractivity contribution in [3.63, 3.8) is 0 Å². The molecule has 27 heavy (non-hydrogen) atoms. The molecule has 0 atom stereocenters. The summed E-state index contributed by atoms with van der Waals surface area (Å²) in [5.41, 5.74) is 1.88. The minimum atomic E-state index is -0.0416. The zero-order valence-corrected chi connectivity index (χ0v) is 17.5. The van der Waals surface area contributed by atoms with Crippen LogP contribution in [0.5, 0.6) is 11.5 Å². The predicted molar refractivity (Wildman–Crippen MR) is 111 cm³/mol. The van der Waals surface area contributed by atoms with Crippen LogP contribution in [0, 0.1) is 5.92 Å². The van der Waals surface area contributed by atoms with Gasteiger partial charge in [0.25, 0.3) is 0 Å². The lowest BCUT2D eigenvalue weighted by atomic mass is 9.85. The fourth-order valence-electron chi connectivity index (χ4n) is 4.48. The first-order chi connectivity index (χ1) is 12.8. The topological polar surface area (TPSA) is 46.9 Å². The van der Waals surface area contributed by atoms with Gasteiger partial charge >= 0.3 is 0 Å². The number of phenolic OH excluding ortho intramolecular Hbond substituents is 2. The van der Waals surface area contributed by atoms with Gasteiger partial charge in [-0.1, -0.05) is 39.7 Å². The number of nitrogens with zero attached hydrogens (tertiary/aromatic N) is 2. The second kappa shape index (κ2) is 8.83. The molecule has 0 aliphatic carbocycles. The fourth-order valence-corrected chi connectivity index (χ4v) is 4.48. The summed E-state index contributed by atoms with van der Waals surface area (Å²) >= 11 is 0. The Balaban J connectivity index is 1.55. The van der Waals surface area contributed by atoms with Crippen molar-refractivity contribution in [1.29, 1.82) is 0 Å². The molecule has 4 nitrogen and oxygen atoms in total. The molecule has 0 bridgehead atoms. The Hall–Kier alpha value is -1.26. The molecule has 0 aromatic heterocycles. The van der Waals surface area contributed by atoms with Crippen LogP contribution in [0.1, 0.15) is 70.4 Å². The van der Waals surface area contributed by atoms with Gasteiger partial charge in [-0.05, 0) is 74.8 Å². The molecule has 2 aliphatic rings. The van der Waals surface area contributed by atoms with Crippen LogP contribution in [-0.4, -0.2) is 52.7 Å². The zero-order valence-electron chi connectivity index (χ0n) is 17.5. The number of likely N-dealkylation sites (tertiary alicyclic amines) is 2. The largest absolute Gasteiger partial charge is 0.504 e. The van der Waals surface area contributed by atoms with Gasteiger partial charge in [-0.2, -0.15) is 0 Å². The molecule has 1 aromatic carbocycles. The SMILES string of the molecule is CC(C)(C)c1cc(O)c(O)c(CN2CCC(CN3CCCCCC3)CC2)c1. The van der Waals surface area contributed by atoms with E-state index in [0.717, 1.165) is 36.7 Å². The Labute approximate surface area is 165 Å². The standard InChI is InChI=1S/C23H38N2O2/c1-23(2,3)20-14-19(22(27)21(26)15-20)17-25-12-8-18(9-13-25)16-24-10-6-4-5-7-11-24/h14-15,18,26-27H,4-13,16-17H2,1-3H3. The number of hydrogen-bond donors (Lipinski definition) is 2. The molecule has 0 radical (unpaired) electrons. The maximum Gasteiger partial charge on any atom is 0.162 e. The first kappa shape index (κ1) is 20.5. The number of hydrogen-bond acceptors (Lipinski definition) is 4. The van der Waals surface area contributed by atoms with Gasteiger partial charge in [-0.25, -0.2) is 0 Å². The van der Waals surface area contributed by atoms with E-state index in [1.807, 2.05) is 0 Å². The van der Waals surface area contributed by atoms with Gasteiger partial charge in [0.05, 0.1) is 0 Å². The monoisotopic (exact) mass is 374 g/mol. The predicted octanol–water partition coefficient (Wildman–Crippen LogP) is 4.48. The Morgan fingerprint density at radius 2 is 1.52 bits per heavy atom. The number of benzene rings is 1. The van der Waals surface area contributed by atoms with Crippen LogP contribution < -0.4 is 0 Å². The van der Waals surface area contributed by atoms with Crippen molar-refractivity contribution in [2.24, 2.45) is 5.92 Å². The number of piperidine rings is 1. The van der Waals surface area contributed by atoms with Gasteiger partial charge in [0.2, 0.25) is 0 Å². The summed E-state index contributed by atoms with van der Waals surface area (Å²) < 4.78 is 0. The van der Waals surface area contributed by atoms with E-state index in [4.69, 9.17) is 0 Å². The summed E-state index contributed by atoms with van der Waals surface area (Å²) in [4.78, 5) is 5.11. The molecule has 1 aromatic rings. The number of rotatable bonds is 4. The second-order valence-corrected chi connectivity index (χ2v) is 9.69. The average molecular weight is 375 g/mol. The van der Waals surface area contributed by atoms with E-state index in [0.29, 0.717) is 0 Å². The average Bonchev–Trinajstić information content (AvgIpc) is 2.88. The van der Waals surface area contributed by atoms with Crippen LogP contribution in [0.4, 0.5) is 0 Å². The highest BCUT2D eigenvalue weighted by Crippen LogP contribution is 2.36. The molecular weight excluding hydrogens is 336 g/mol. The molecule has 0 unspecified atom stereocenters. The first-order valence-electron chi connectivity index (χ1n) is 10.8. The van der Waals surface area contributed by atoms with Crippen LogP contribution in [0.15, 0.2) is 12.1 Å². The smallest absolute Gasteiger partial charge is 0.162 e. The van der Waals surface area contributed by atoms with Crippen molar-refractivity contribution in [3.8, 4) is 11.5 Å². The maximum atomic E-state index is 10.3. The summed E-state index contributed by atoms with van der Waals surface area (Å²) in [6.07, 6.45) is 8.01. The van der Waals surface area contributed by atoms with Gasteiger partial charge < -0.3 is 15.1 Å². The van der Waals surface area contributed by atoms with Gasteiger partial charge in [0, 0.05) is 18.7 Å². The Kier molecular flexibility index (Phi) is 6.69. The molecule has 2 N–H and O–H groups in total. The second-order valence-electron chi connectivity index (χ2n) is 9.69. The van der Waals surface area contributed by atoms with E-state index in [1.54, 1.807) is 6.07 Å². The van der Waals surface area contributed by atoms with Crippen LogP contribution in [-0.2, 0) is 12.0 Å². The Bertz CT molecular complexity index is 608. The van der Waals surface area contributed by atoms with Gasteiger partial charge in [-0.15, -0.1) is 0 Å². The molecule has 0 amide bonds. The van der Waals surface area contributed by atoms with Gasteiger partial charge in [-0.3, -0.25) is 4.90 Å². The molecule has 2 fully saturated rings. The Morgan fingerprint density at radius 3 is 2.11 bits per heavy atom. The van der Waals surface area contributed by atoms with Crippen molar-refractivity contribution >= 4 is 0 Å². The van der Waals surface area contributed by atoms with Gasteiger partial charge in [0.15, 0.2) is 11.5 Å². The minimum absolute atomic E-state index is 0.00785. The Morgan fingerprint density at radius 1 is 0.889 bits per heavy atom. The summed E-state index contributed by atoms with van der Waals surface area (Å²) in [5.74, 6) is 0.866. The normalized spacial score (nSPS) is 21.3. The van der Waals surface area contributed by atoms with Crippen molar-refractivity contribution in [2.45, 2.75) is 71.3 Å². The lowest BCUT2D eigenvalue weighted by molar-refractivity contribution is 0.139. The van der Waals surface area contributed by atoms with Gasteiger partial charge in [0.1, 0.15) is 0 Å². The van der Waals surface area contributed by atoms with E-state index < -0.39 is 0 Å². The lowest BCUT2D eigenvalue weighted by Gasteiger charge is -2.35. The number of aromatic hydroxyl groups is 2. The van der Waals surface area contributed by atoms with E-state index in [9.17, 15) is 10.2 Å². The van der Waals surface area contributed by atoms with E-state index in [-0.39, 0.29) is 16.9 Å². The van der Waals surface area contributed by atoms with Crippen LogP contribution in [0.2, 0.25) is 0 Å². The highest BCUT2D eigenvalue weighted by molar-refractivity contribution is 5.49. The molecule has 152 valence electrons. The van der Waals surface area contributed by atoms with Crippen molar-refractivity contribution in [2.75, 3.05) is 32.7 Å². The highest BCUT2D eigenvalue weighted by atomic mass is 16.3. The third kappa shape index (κ3) is 5.61. The molecule has 0 saturated carbocycles. The quantitative estimate of drug-likeness (QED) is 0.763. The van der Waals surface area contributed by atoms with Crippen LogP contribution in [0.3, 0.4) is 0 Å². The van der Waals surface area contributed by atoms with Crippen LogP contribution in [0.25, 0.3) is 0 Å². The van der Waals surface area contributed by atoms with E-state index in [1.165, 1.54) is 58.2 Å². The van der Waals surface area contributed by atoms with Crippen molar-refractivity contribution in [3.05, 3.63) is 23.3 Å². The molecule has 2 heterocycles. The molecule has 0 spiro atoms. The van der Waals surface area contributed by atoms with Crippen molar-refractivity contribution < 1.29 is 10.2 Å². The first-order valence-corrected chi connectivity index (χ1v) is 10.8. The fraction of sp³-hybridized carbons (Fsp3) is 0.739. The van der Waals surface area contributed by atoms with Crippen molar-refractivity contribution in [1.82, 2.24) is 9.80 Å². The summed E-state index contributed by atoms with van der Waals surface area (Å²) in [5, 5.41) is 20.5. The molecule has 2 aliphatic heterocycles. The van der Waals surface area contributed by atoms with E-state index in [2.05, 4.69) is 36.6 Å². The number of phenols is 2. The lowest BCUT2D eigenvalue weighted by Crippen LogP contribution is -2.38. The summed E-state index contributed by atoms with van der Waals surface area (Å²) in [7, 11) is 0. The highest BCUT2D eigenvalue weighted by Gasteiger charge is 2.24. The summed E-state index contributed by atoms with van der Waals surface area (Å²) in [6, 6.07) is 3.77. The molecule has 3 rings (SSSR count). The summed E-state index contributed by atoms with van der Waals surface area (Å²) in [6.45, 7) is 13.1. The minimum Gasteiger partial charge on any atom is -0.504 e. The zero-order chi connectivity index (χ0) is 19.4. The molecule has 2 saturated heterocycles. The van der Waals surface area contributed by atoms with E-state index >= 15 is 0 Å². The molecule has 4 heteroatoms. The third-order valence-corrected chi connectivity index (χ3v) is 6.35. The maximum absolute atomic E-state index is 10.3. The third-order valence-electron chi connectivity index (χ3n) is 6.35. The molecular formula is C23H38N2O2. The van der Waals surface area contributed by atoms with Crippen LogP contribution >= 0.6 is 0 Å².